The van der Waals surface area contributed by atoms with E-state index in [1.165, 1.54) is 19.2 Å². The summed E-state index contributed by atoms with van der Waals surface area (Å²) in [6.07, 6.45) is 0.751. The number of pyridine rings is 1. The Morgan fingerprint density at radius 2 is 2.25 bits per heavy atom. The van der Waals surface area contributed by atoms with Gasteiger partial charge in [-0.1, -0.05) is 0 Å². The largest absolute Gasteiger partial charge is 0.464 e. The van der Waals surface area contributed by atoms with Gasteiger partial charge in [0.25, 0.3) is 0 Å². The molecule has 1 aliphatic rings. The number of hydrogen-bond acceptors (Lipinski definition) is 7. The summed E-state index contributed by atoms with van der Waals surface area (Å²) in [4.78, 5) is 27.9. The molecule has 0 aliphatic carbocycles. The lowest BCUT2D eigenvalue weighted by molar-refractivity contribution is -0.384. The van der Waals surface area contributed by atoms with Crippen LogP contribution in [0.3, 0.4) is 0 Å². The Morgan fingerprint density at radius 3 is 2.95 bits per heavy atom. The van der Waals surface area contributed by atoms with Crippen molar-refractivity contribution in [3.63, 3.8) is 0 Å². The van der Waals surface area contributed by atoms with E-state index in [0.717, 1.165) is 6.42 Å². The van der Waals surface area contributed by atoms with Crippen LogP contribution in [0.25, 0.3) is 0 Å². The second kappa shape index (κ2) is 6.29. The maximum absolute atomic E-state index is 11.5. The maximum atomic E-state index is 11.5. The van der Waals surface area contributed by atoms with Crippen LogP contribution in [0.15, 0.2) is 12.1 Å². The SMILES string of the molecule is COC(=O)c1ccc([N+](=O)[O-])c(N2CCCOCC2)n1. The predicted molar refractivity (Wildman–Crippen MR) is 69.9 cm³/mol. The number of ether oxygens (including phenoxy) is 2. The van der Waals surface area contributed by atoms with Gasteiger partial charge in [-0.25, -0.2) is 9.78 Å². The first-order valence-electron chi connectivity index (χ1n) is 6.20. The molecule has 0 spiro atoms. The van der Waals surface area contributed by atoms with Crippen LogP contribution in [0.4, 0.5) is 11.5 Å². The van der Waals surface area contributed by atoms with Crippen molar-refractivity contribution >= 4 is 17.5 Å². The normalized spacial score (nSPS) is 15.6. The standard InChI is InChI=1S/C12H15N3O5/c1-19-12(16)9-3-4-10(15(17)18)11(13-9)14-5-2-7-20-8-6-14/h3-4H,2,5-8H2,1H3. The van der Waals surface area contributed by atoms with E-state index in [2.05, 4.69) is 9.72 Å². The quantitative estimate of drug-likeness (QED) is 0.463. The first-order valence-corrected chi connectivity index (χ1v) is 6.20. The molecule has 1 fully saturated rings. The maximum Gasteiger partial charge on any atom is 0.356 e. The van der Waals surface area contributed by atoms with E-state index in [4.69, 9.17) is 4.74 Å². The van der Waals surface area contributed by atoms with E-state index in [9.17, 15) is 14.9 Å². The number of nitrogens with zero attached hydrogens (tertiary/aromatic N) is 3. The molecule has 0 bridgehead atoms. The van der Waals surface area contributed by atoms with Crippen molar-refractivity contribution < 1.29 is 19.2 Å². The van der Waals surface area contributed by atoms with Gasteiger partial charge in [-0.05, 0) is 12.5 Å². The lowest BCUT2D eigenvalue weighted by Crippen LogP contribution is -2.28. The molecule has 0 atom stereocenters. The Labute approximate surface area is 115 Å². The Hall–Kier alpha value is -2.22. The fourth-order valence-corrected chi connectivity index (χ4v) is 1.99. The van der Waals surface area contributed by atoms with Crippen molar-refractivity contribution in [3.05, 3.63) is 27.9 Å². The Morgan fingerprint density at radius 1 is 1.45 bits per heavy atom. The zero-order valence-corrected chi connectivity index (χ0v) is 11.1. The van der Waals surface area contributed by atoms with E-state index in [1.807, 2.05) is 0 Å². The van der Waals surface area contributed by atoms with Crippen molar-refractivity contribution in [1.82, 2.24) is 4.98 Å². The number of hydrogen-bond donors (Lipinski definition) is 0. The van der Waals surface area contributed by atoms with E-state index >= 15 is 0 Å². The van der Waals surface area contributed by atoms with Gasteiger partial charge in [0.2, 0.25) is 5.82 Å². The van der Waals surface area contributed by atoms with Gasteiger partial charge in [-0.3, -0.25) is 10.1 Å². The average molecular weight is 281 g/mol. The van der Waals surface area contributed by atoms with E-state index in [-0.39, 0.29) is 17.2 Å². The van der Waals surface area contributed by atoms with Crippen LogP contribution < -0.4 is 4.90 Å². The van der Waals surface area contributed by atoms with Gasteiger partial charge in [0.05, 0.1) is 18.6 Å². The molecule has 1 aromatic rings. The van der Waals surface area contributed by atoms with Gasteiger partial charge < -0.3 is 14.4 Å². The van der Waals surface area contributed by atoms with Crippen molar-refractivity contribution in [2.24, 2.45) is 0 Å². The fourth-order valence-electron chi connectivity index (χ4n) is 1.99. The smallest absolute Gasteiger partial charge is 0.356 e. The van der Waals surface area contributed by atoms with Crippen LogP contribution in [-0.4, -0.2) is 49.3 Å². The minimum absolute atomic E-state index is 0.0539. The van der Waals surface area contributed by atoms with Gasteiger partial charge in [0, 0.05) is 25.8 Å². The van der Waals surface area contributed by atoms with Crippen LogP contribution in [0.1, 0.15) is 16.9 Å². The molecule has 1 aliphatic heterocycles. The van der Waals surface area contributed by atoms with Crippen molar-refractivity contribution in [1.29, 1.82) is 0 Å². The molecule has 0 amide bonds. The lowest BCUT2D eigenvalue weighted by atomic mass is 10.3. The molecule has 108 valence electrons. The average Bonchev–Trinajstić information content (AvgIpc) is 2.74. The number of rotatable bonds is 3. The van der Waals surface area contributed by atoms with Crippen molar-refractivity contribution in [3.8, 4) is 0 Å². The number of nitro groups is 1. The third-order valence-corrected chi connectivity index (χ3v) is 2.97. The number of methoxy groups -OCH3 is 1. The zero-order chi connectivity index (χ0) is 14.5. The molecular weight excluding hydrogens is 266 g/mol. The molecular formula is C12H15N3O5. The third-order valence-electron chi connectivity index (χ3n) is 2.97. The van der Waals surface area contributed by atoms with Gasteiger partial charge in [0.15, 0.2) is 5.69 Å². The summed E-state index contributed by atoms with van der Waals surface area (Å²) in [5, 5.41) is 11.1. The molecule has 1 aromatic heterocycles. The Bertz CT molecular complexity index is 512. The topological polar surface area (TPSA) is 94.8 Å². The van der Waals surface area contributed by atoms with Crippen molar-refractivity contribution in [2.75, 3.05) is 38.3 Å². The molecule has 20 heavy (non-hydrogen) atoms. The highest BCUT2D eigenvalue weighted by Crippen LogP contribution is 2.27. The van der Waals surface area contributed by atoms with Gasteiger partial charge in [-0.15, -0.1) is 0 Å². The van der Waals surface area contributed by atoms with E-state index in [1.54, 1.807) is 4.90 Å². The minimum Gasteiger partial charge on any atom is -0.464 e. The molecule has 0 aromatic carbocycles. The first-order chi connectivity index (χ1) is 9.63. The molecule has 0 radical (unpaired) electrons. The molecule has 1 saturated heterocycles. The summed E-state index contributed by atoms with van der Waals surface area (Å²) in [5.74, 6) is -0.435. The van der Waals surface area contributed by atoms with Crippen LogP contribution in [0.2, 0.25) is 0 Å². The highest BCUT2D eigenvalue weighted by molar-refractivity contribution is 5.88. The van der Waals surface area contributed by atoms with Gasteiger partial charge in [-0.2, -0.15) is 0 Å². The van der Waals surface area contributed by atoms with Crippen LogP contribution in [0.5, 0.6) is 0 Å². The molecule has 0 saturated carbocycles. The number of aromatic nitrogens is 1. The second-order valence-corrected chi connectivity index (χ2v) is 4.24. The van der Waals surface area contributed by atoms with Gasteiger partial charge >= 0.3 is 11.7 Å². The summed E-state index contributed by atoms with van der Waals surface area (Å²) in [6.45, 7) is 2.18. The molecule has 8 heteroatoms. The van der Waals surface area contributed by atoms with Crippen LogP contribution >= 0.6 is 0 Å². The summed E-state index contributed by atoms with van der Waals surface area (Å²) in [6, 6.07) is 2.57. The summed E-state index contributed by atoms with van der Waals surface area (Å²) < 4.78 is 9.90. The number of anilines is 1. The minimum atomic E-state index is -0.618. The zero-order valence-electron chi connectivity index (χ0n) is 11.1. The van der Waals surface area contributed by atoms with Gasteiger partial charge in [0.1, 0.15) is 0 Å². The summed E-state index contributed by atoms with van der Waals surface area (Å²) >= 11 is 0. The van der Waals surface area contributed by atoms with Crippen molar-refractivity contribution in [2.45, 2.75) is 6.42 Å². The van der Waals surface area contributed by atoms with Crippen LogP contribution in [-0.2, 0) is 9.47 Å². The predicted octanol–water partition coefficient (Wildman–Crippen LogP) is 1.00. The number of carbonyl (C=O) groups is 1. The molecule has 0 N–H and O–H groups in total. The molecule has 8 nitrogen and oxygen atoms in total. The summed E-state index contributed by atoms with van der Waals surface area (Å²) in [7, 11) is 1.24. The number of carbonyl (C=O) groups excluding carboxylic acids is 1. The highest BCUT2D eigenvalue weighted by Gasteiger charge is 2.24. The van der Waals surface area contributed by atoms with E-state index in [0.29, 0.717) is 26.3 Å². The van der Waals surface area contributed by atoms with Crippen LogP contribution in [0, 0.1) is 10.1 Å². The Kier molecular flexibility index (Phi) is 4.46. The third kappa shape index (κ3) is 3.02. The molecule has 2 heterocycles. The second-order valence-electron chi connectivity index (χ2n) is 4.24. The monoisotopic (exact) mass is 281 g/mol. The fraction of sp³-hybridized carbons (Fsp3) is 0.500. The summed E-state index contributed by atoms with van der Waals surface area (Å²) in [5.41, 5.74) is -0.0715. The Balaban J connectivity index is 2.40. The molecule has 2 rings (SSSR count). The molecule has 0 unspecified atom stereocenters. The lowest BCUT2D eigenvalue weighted by Gasteiger charge is -2.20. The van der Waals surface area contributed by atoms with E-state index < -0.39 is 10.9 Å². The number of esters is 1. The highest BCUT2D eigenvalue weighted by atomic mass is 16.6. The first kappa shape index (κ1) is 14.2.